The third-order valence-corrected chi connectivity index (χ3v) is 5.74. The highest BCUT2D eigenvalue weighted by molar-refractivity contribution is 9.10. The van der Waals surface area contributed by atoms with Crippen molar-refractivity contribution in [3.8, 4) is 11.5 Å². The summed E-state index contributed by atoms with van der Waals surface area (Å²) < 4.78 is 11.8. The van der Waals surface area contributed by atoms with Crippen LogP contribution >= 0.6 is 27.7 Å². The lowest BCUT2D eigenvalue weighted by Crippen LogP contribution is -2.50. The van der Waals surface area contributed by atoms with E-state index in [1.54, 1.807) is 23.2 Å². The van der Waals surface area contributed by atoms with E-state index in [1.165, 1.54) is 11.8 Å². The van der Waals surface area contributed by atoms with E-state index in [0.717, 1.165) is 4.47 Å². The number of hydrazone groups is 1. The second-order valence-corrected chi connectivity index (χ2v) is 8.45. The smallest absolute Gasteiger partial charge is 0.341 e. The van der Waals surface area contributed by atoms with E-state index in [0.29, 0.717) is 45.1 Å². The van der Waals surface area contributed by atoms with Crippen molar-refractivity contribution in [2.45, 2.75) is 13.1 Å². The van der Waals surface area contributed by atoms with E-state index in [2.05, 4.69) is 26.3 Å². The molecule has 0 bridgehead atoms. The van der Waals surface area contributed by atoms with Crippen molar-refractivity contribution in [1.29, 1.82) is 0 Å². The second-order valence-electron chi connectivity index (χ2n) is 6.74. The molecule has 0 saturated heterocycles. The van der Waals surface area contributed by atoms with E-state index in [9.17, 15) is 9.59 Å². The molecule has 2 aromatic carbocycles. The second kappa shape index (κ2) is 9.21. The number of rotatable bonds is 6. The van der Waals surface area contributed by atoms with Gasteiger partial charge in [-0.1, -0.05) is 33.8 Å². The maximum Gasteiger partial charge on any atom is 0.341 e. The van der Waals surface area contributed by atoms with Gasteiger partial charge in [0, 0.05) is 15.3 Å². The number of carbonyl (C=O) groups is 2. The average molecular weight is 519 g/mol. The molecule has 2 aromatic rings. The number of carboxylic acid groups (broad SMARTS) is 1. The molecule has 0 radical (unpaired) electrons. The van der Waals surface area contributed by atoms with Gasteiger partial charge in [0.05, 0.1) is 12.0 Å². The minimum Gasteiger partial charge on any atom is -0.490 e. The normalized spacial score (nSPS) is 16.9. The first kappa shape index (κ1) is 22.2. The summed E-state index contributed by atoms with van der Waals surface area (Å²) in [5.74, 6) is -0.652. The molecule has 0 spiro atoms. The van der Waals surface area contributed by atoms with Gasteiger partial charge < -0.3 is 14.6 Å². The van der Waals surface area contributed by atoms with Crippen molar-refractivity contribution in [1.82, 2.24) is 10.3 Å². The Morgan fingerprint density at radius 3 is 2.78 bits per heavy atom. The predicted molar refractivity (Wildman–Crippen MR) is 123 cm³/mol. The molecular formula is C21H19BrN4O5S. The van der Waals surface area contributed by atoms with Crippen molar-refractivity contribution in [2.24, 2.45) is 10.1 Å². The fourth-order valence-electron chi connectivity index (χ4n) is 3.37. The van der Waals surface area contributed by atoms with Crippen molar-refractivity contribution >= 4 is 50.4 Å². The van der Waals surface area contributed by atoms with Crippen LogP contribution in [0.15, 0.2) is 51.0 Å². The van der Waals surface area contributed by atoms with Crippen LogP contribution in [0.25, 0.3) is 5.70 Å². The topological polar surface area (TPSA) is 113 Å². The molecule has 0 aliphatic carbocycles. The molecule has 32 heavy (non-hydrogen) atoms. The Morgan fingerprint density at radius 1 is 1.25 bits per heavy atom. The largest absolute Gasteiger partial charge is 0.490 e. The Bertz CT molecular complexity index is 1250. The minimum absolute atomic E-state index is 0.268. The van der Waals surface area contributed by atoms with E-state index in [4.69, 9.17) is 19.6 Å². The van der Waals surface area contributed by atoms with Crippen LogP contribution in [0.3, 0.4) is 0 Å². The predicted octanol–water partition coefficient (Wildman–Crippen LogP) is 1.82. The maximum absolute atomic E-state index is 13.0. The number of amidine groups is 1. The first-order valence-corrected chi connectivity index (χ1v) is 11.6. The van der Waals surface area contributed by atoms with Crippen molar-refractivity contribution in [3.63, 3.8) is 0 Å². The van der Waals surface area contributed by atoms with Crippen molar-refractivity contribution in [2.75, 3.05) is 19.5 Å². The molecule has 4 rings (SSSR count). The number of aliphatic carboxylic acids is 1. The van der Waals surface area contributed by atoms with Crippen LogP contribution in [-0.2, 0) is 9.59 Å². The molecule has 0 fully saturated rings. The Morgan fingerprint density at radius 2 is 2.06 bits per heavy atom. The van der Waals surface area contributed by atoms with E-state index < -0.39 is 18.7 Å². The Balaban J connectivity index is 1.86. The molecule has 2 N–H and O–H groups in total. The summed E-state index contributed by atoms with van der Waals surface area (Å²) >= 11 is 4.78. The summed E-state index contributed by atoms with van der Waals surface area (Å²) in [6.45, 7) is 1.70. The van der Waals surface area contributed by atoms with Crippen molar-refractivity contribution < 1.29 is 24.2 Å². The van der Waals surface area contributed by atoms with Crippen LogP contribution < -0.4 is 25.4 Å². The SMILES string of the molecule is CCOc1cc(C2N=c3ccc(Br)cc3=C3C(=O)NC(SC)=NN32)ccc1OCC(=O)O. The van der Waals surface area contributed by atoms with Gasteiger partial charge in [-0.05, 0) is 43.5 Å². The monoisotopic (exact) mass is 518 g/mol. The molecular weight excluding hydrogens is 500 g/mol. The van der Waals surface area contributed by atoms with Gasteiger partial charge in [0.1, 0.15) is 5.70 Å². The molecule has 9 nitrogen and oxygen atoms in total. The fraction of sp³-hybridized carbons (Fsp3) is 0.238. The number of halogens is 1. The van der Waals surface area contributed by atoms with E-state index in [1.807, 2.05) is 31.4 Å². The molecule has 166 valence electrons. The summed E-state index contributed by atoms with van der Waals surface area (Å²) in [5.41, 5.74) is 1.10. The first-order valence-electron chi connectivity index (χ1n) is 9.63. The van der Waals surface area contributed by atoms with Crippen LogP contribution in [0.2, 0.25) is 0 Å². The van der Waals surface area contributed by atoms with Crippen molar-refractivity contribution in [3.05, 3.63) is 57.0 Å². The number of nitrogens with zero attached hydrogens (tertiary/aromatic N) is 3. The number of nitrogens with one attached hydrogen (secondary N) is 1. The number of benzene rings is 2. The standard InChI is InChI=1S/C21H19BrN4O5S/c1-3-30-16-8-11(4-7-15(16)31-10-17(27)28)19-23-14-6-5-12(22)9-13(14)18-20(29)24-21(32-2)25-26(18)19/h4-9,19H,3,10H2,1-2H3,(H,27,28)(H,24,25,29). The molecule has 0 saturated carbocycles. The van der Waals surface area contributed by atoms with Gasteiger partial charge in [-0.15, -0.1) is 5.10 Å². The van der Waals surface area contributed by atoms with Crippen LogP contribution in [0.4, 0.5) is 0 Å². The number of thioether (sulfide) groups is 1. The zero-order valence-corrected chi connectivity index (χ0v) is 19.6. The highest BCUT2D eigenvalue weighted by atomic mass is 79.9. The molecule has 1 atom stereocenters. The van der Waals surface area contributed by atoms with Gasteiger partial charge in [0.2, 0.25) is 0 Å². The van der Waals surface area contributed by atoms with Gasteiger partial charge in [-0.3, -0.25) is 15.1 Å². The number of hydrogen-bond acceptors (Lipinski definition) is 8. The van der Waals surface area contributed by atoms with Crippen LogP contribution in [0.1, 0.15) is 18.7 Å². The lowest BCUT2D eigenvalue weighted by Gasteiger charge is -2.34. The zero-order chi connectivity index (χ0) is 22.8. The lowest BCUT2D eigenvalue weighted by molar-refractivity contribution is -0.139. The van der Waals surface area contributed by atoms with Gasteiger partial charge in [-0.2, -0.15) is 0 Å². The number of hydrogen-bond donors (Lipinski definition) is 2. The number of amides is 1. The highest BCUT2D eigenvalue weighted by Gasteiger charge is 2.34. The fourth-order valence-corrected chi connectivity index (χ4v) is 4.10. The summed E-state index contributed by atoms with van der Waals surface area (Å²) in [6, 6.07) is 10.7. The van der Waals surface area contributed by atoms with Crippen LogP contribution in [0.5, 0.6) is 11.5 Å². The molecule has 0 aromatic heterocycles. The zero-order valence-electron chi connectivity index (χ0n) is 17.2. The molecule has 1 unspecified atom stereocenters. The van der Waals surface area contributed by atoms with Gasteiger partial charge >= 0.3 is 5.97 Å². The summed E-state index contributed by atoms with van der Waals surface area (Å²) in [4.78, 5) is 28.7. The molecule has 1 amide bonds. The minimum atomic E-state index is -1.08. The molecule has 2 aliphatic rings. The number of ether oxygens (including phenoxy) is 2. The average Bonchev–Trinajstić information content (AvgIpc) is 2.77. The first-order chi connectivity index (χ1) is 15.4. The molecule has 2 aliphatic heterocycles. The third kappa shape index (κ3) is 4.30. The quantitative estimate of drug-likeness (QED) is 0.599. The number of carboxylic acids is 1. The number of carbonyl (C=O) groups excluding carboxylic acids is 1. The Kier molecular flexibility index (Phi) is 6.38. The highest BCUT2D eigenvalue weighted by Crippen LogP contribution is 2.36. The lowest BCUT2D eigenvalue weighted by atomic mass is 10.1. The Hall–Kier alpha value is -3.05. The third-order valence-electron chi connectivity index (χ3n) is 4.68. The maximum atomic E-state index is 13.0. The summed E-state index contributed by atoms with van der Waals surface area (Å²) in [6.07, 6.45) is 1.20. The molecule has 2 heterocycles. The van der Waals surface area contributed by atoms with Gasteiger partial charge in [-0.25, -0.2) is 9.80 Å². The molecule has 11 heteroatoms. The van der Waals surface area contributed by atoms with Gasteiger partial charge in [0.15, 0.2) is 29.4 Å². The number of fused-ring (bicyclic) bond motifs is 2. The van der Waals surface area contributed by atoms with E-state index >= 15 is 0 Å². The summed E-state index contributed by atoms with van der Waals surface area (Å²) in [7, 11) is 0. The Labute approximate surface area is 195 Å². The van der Waals surface area contributed by atoms with Crippen LogP contribution in [0, 0.1) is 0 Å². The van der Waals surface area contributed by atoms with Crippen LogP contribution in [-0.4, -0.2) is 46.6 Å². The summed E-state index contributed by atoms with van der Waals surface area (Å²) in [5, 5.41) is 19.7. The van der Waals surface area contributed by atoms with Gasteiger partial charge in [0.25, 0.3) is 5.91 Å². The van der Waals surface area contributed by atoms with E-state index in [-0.39, 0.29) is 5.91 Å².